The average molecular weight is 411 g/mol. The van der Waals surface area contributed by atoms with E-state index in [2.05, 4.69) is 37.2 Å². The number of anilines is 2. The lowest BCUT2D eigenvalue weighted by Gasteiger charge is -2.05. The minimum atomic E-state index is -0.187. The summed E-state index contributed by atoms with van der Waals surface area (Å²) in [6, 6.07) is 6.72. The lowest BCUT2D eigenvalue weighted by Crippen LogP contribution is -2.10. The quantitative estimate of drug-likeness (QED) is 0.702. The van der Waals surface area contributed by atoms with E-state index < -0.39 is 0 Å². The number of hydrogen-bond acceptors (Lipinski definition) is 3. The molecule has 3 nitrogen and oxygen atoms in total. The topological polar surface area (TPSA) is 55.1 Å². The van der Waals surface area contributed by atoms with E-state index in [4.69, 9.17) is 17.3 Å². The lowest BCUT2D eigenvalue weighted by molar-refractivity contribution is 0.103. The van der Waals surface area contributed by atoms with E-state index in [0.29, 0.717) is 21.3 Å². The molecule has 2 aromatic rings. The molecule has 0 aliphatic carbocycles. The fourth-order valence-electron chi connectivity index (χ4n) is 1.27. The molecule has 7 heteroatoms. The number of benzene rings is 1. The maximum atomic E-state index is 12.0. The van der Waals surface area contributed by atoms with Crippen LogP contribution in [0, 0.1) is 0 Å². The highest BCUT2D eigenvalue weighted by molar-refractivity contribution is 9.13. The summed E-state index contributed by atoms with van der Waals surface area (Å²) in [5.41, 5.74) is 6.71. The number of nitrogen functional groups attached to an aromatic ring is 1. The Morgan fingerprint density at radius 1 is 1.33 bits per heavy atom. The Morgan fingerprint density at radius 2 is 2.06 bits per heavy atom. The summed E-state index contributed by atoms with van der Waals surface area (Å²) < 4.78 is 1.73. The van der Waals surface area contributed by atoms with Crippen molar-refractivity contribution in [2.75, 3.05) is 11.1 Å². The predicted molar refractivity (Wildman–Crippen MR) is 83.5 cm³/mol. The Hall–Kier alpha value is -0.560. The molecule has 0 spiro atoms. The Kier molecular flexibility index (Phi) is 4.32. The Morgan fingerprint density at radius 3 is 2.61 bits per heavy atom. The number of hydrogen-bond donors (Lipinski definition) is 2. The summed E-state index contributed by atoms with van der Waals surface area (Å²) >= 11 is 13.8. The molecule has 18 heavy (non-hydrogen) atoms. The molecule has 3 N–H and O–H groups in total. The molecule has 0 saturated carbocycles. The molecule has 0 saturated heterocycles. The van der Waals surface area contributed by atoms with E-state index >= 15 is 0 Å². The minimum Gasteiger partial charge on any atom is -0.397 e. The number of rotatable bonds is 2. The van der Waals surface area contributed by atoms with Gasteiger partial charge in [-0.15, -0.1) is 11.3 Å². The number of carbonyl (C=O) groups excluding carboxylic acids is 1. The molecule has 0 bridgehead atoms. The van der Waals surface area contributed by atoms with Crippen LogP contribution in [0.1, 0.15) is 9.67 Å². The number of carbonyl (C=O) groups is 1. The summed E-state index contributed by atoms with van der Waals surface area (Å²) in [4.78, 5) is 12.6. The SMILES string of the molecule is Nc1cc(NC(=O)c2cc(Br)c(Br)s2)ccc1Cl. The van der Waals surface area contributed by atoms with Gasteiger partial charge < -0.3 is 11.1 Å². The van der Waals surface area contributed by atoms with Gasteiger partial charge in [0.15, 0.2) is 0 Å². The van der Waals surface area contributed by atoms with Crippen molar-refractivity contribution in [2.24, 2.45) is 0 Å². The summed E-state index contributed by atoms with van der Waals surface area (Å²) in [5, 5.41) is 3.23. The molecule has 1 aromatic heterocycles. The zero-order chi connectivity index (χ0) is 13.3. The van der Waals surface area contributed by atoms with E-state index in [1.165, 1.54) is 11.3 Å². The Balaban J connectivity index is 2.18. The number of halogens is 3. The molecule has 0 aliphatic rings. The van der Waals surface area contributed by atoms with Crippen LogP contribution in [-0.2, 0) is 0 Å². The van der Waals surface area contributed by atoms with Crippen LogP contribution in [0.2, 0.25) is 5.02 Å². The van der Waals surface area contributed by atoms with Gasteiger partial charge in [0.1, 0.15) is 0 Å². The minimum absolute atomic E-state index is 0.187. The van der Waals surface area contributed by atoms with Gasteiger partial charge >= 0.3 is 0 Å². The fraction of sp³-hybridized carbons (Fsp3) is 0. The Bertz CT molecular complexity index is 596. The number of nitrogens with two attached hydrogens (primary N) is 1. The molecule has 0 unspecified atom stereocenters. The van der Waals surface area contributed by atoms with Gasteiger partial charge in [0.05, 0.1) is 19.4 Å². The van der Waals surface area contributed by atoms with Gasteiger partial charge in [-0.3, -0.25) is 4.79 Å². The molecule has 1 aromatic carbocycles. The second-order valence-electron chi connectivity index (χ2n) is 3.42. The summed E-state index contributed by atoms with van der Waals surface area (Å²) in [7, 11) is 0. The molecular formula is C11H7Br2ClN2OS. The smallest absolute Gasteiger partial charge is 0.265 e. The zero-order valence-electron chi connectivity index (χ0n) is 8.84. The van der Waals surface area contributed by atoms with Crippen LogP contribution in [0.4, 0.5) is 11.4 Å². The molecule has 0 fully saturated rings. The van der Waals surface area contributed by atoms with Crippen molar-refractivity contribution in [1.82, 2.24) is 0 Å². The molecule has 94 valence electrons. The van der Waals surface area contributed by atoms with Crippen molar-refractivity contribution < 1.29 is 4.79 Å². The highest BCUT2D eigenvalue weighted by atomic mass is 79.9. The highest BCUT2D eigenvalue weighted by Gasteiger charge is 2.12. The van der Waals surface area contributed by atoms with Crippen molar-refractivity contribution in [3.05, 3.63) is 42.4 Å². The van der Waals surface area contributed by atoms with Gasteiger partial charge in [-0.05, 0) is 56.1 Å². The van der Waals surface area contributed by atoms with Gasteiger partial charge in [0, 0.05) is 10.2 Å². The van der Waals surface area contributed by atoms with E-state index in [0.717, 1.165) is 8.26 Å². The third-order valence-corrected chi connectivity index (χ3v) is 5.72. The van der Waals surface area contributed by atoms with Gasteiger partial charge in [-0.1, -0.05) is 11.6 Å². The largest absolute Gasteiger partial charge is 0.397 e. The molecular weight excluding hydrogens is 403 g/mol. The standard InChI is InChI=1S/C11H7Br2ClN2OS/c12-6-4-9(18-10(6)13)11(17)16-5-1-2-7(14)8(15)3-5/h1-4H,15H2,(H,16,17). The molecule has 0 atom stereocenters. The van der Waals surface area contributed by atoms with E-state index in [-0.39, 0.29) is 5.91 Å². The second kappa shape index (κ2) is 5.61. The van der Waals surface area contributed by atoms with E-state index in [1.807, 2.05) is 0 Å². The molecule has 2 rings (SSSR count). The number of amides is 1. The molecule has 0 aliphatic heterocycles. The van der Waals surface area contributed by atoms with E-state index in [9.17, 15) is 4.79 Å². The summed E-state index contributed by atoms with van der Waals surface area (Å²) in [6.45, 7) is 0. The first-order valence-electron chi connectivity index (χ1n) is 4.78. The van der Waals surface area contributed by atoms with Crippen LogP contribution < -0.4 is 11.1 Å². The number of nitrogens with one attached hydrogen (secondary N) is 1. The molecule has 0 radical (unpaired) electrons. The average Bonchev–Trinajstić information content (AvgIpc) is 2.65. The van der Waals surface area contributed by atoms with Crippen molar-refractivity contribution in [3.8, 4) is 0 Å². The van der Waals surface area contributed by atoms with Crippen LogP contribution >= 0.6 is 54.8 Å². The van der Waals surface area contributed by atoms with Crippen LogP contribution in [0.5, 0.6) is 0 Å². The maximum absolute atomic E-state index is 12.0. The third-order valence-electron chi connectivity index (χ3n) is 2.12. The number of thiophene rings is 1. The van der Waals surface area contributed by atoms with E-state index in [1.54, 1.807) is 24.3 Å². The van der Waals surface area contributed by atoms with Gasteiger partial charge in [0.2, 0.25) is 0 Å². The maximum Gasteiger partial charge on any atom is 0.265 e. The van der Waals surface area contributed by atoms with Crippen LogP contribution in [0.15, 0.2) is 32.5 Å². The normalized spacial score (nSPS) is 10.4. The zero-order valence-corrected chi connectivity index (χ0v) is 13.6. The third kappa shape index (κ3) is 3.06. The van der Waals surface area contributed by atoms with Crippen molar-refractivity contribution in [1.29, 1.82) is 0 Å². The predicted octanol–water partition coefficient (Wildman–Crippen LogP) is 4.76. The van der Waals surface area contributed by atoms with Crippen molar-refractivity contribution >= 4 is 72.1 Å². The van der Waals surface area contributed by atoms with Crippen LogP contribution in [-0.4, -0.2) is 5.91 Å². The highest BCUT2D eigenvalue weighted by Crippen LogP contribution is 2.33. The second-order valence-corrected chi connectivity index (χ2v) is 7.05. The molecule has 1 amide bonds. The van der Waals surface area contributed by atoms with Gasteiger partial charge in [-0.25, -0.2) is 0 Å². The summed E-state index contributed by atoms with van der Waals surface area (Å²) in [6.07, 6.45) is 0. The lowest BCUT2D eigenvalue weighted by atomic mass is 10.3. The fourth-order valence-corrected chi connectivity index (χ4v) is 3.32. The molecule has 1 heterocycles. The first-order chi connectivity index (χ1) is 8.47. The Labute approximate surface area is 130 Å². The first-order valence-corrected chi connectivity index (χ1v) is 7.56. The van der Waals surface area contributed by atoms with Crippen LogP contribution in [0.3, 0.4) is 0 Å². The summed E-state index contributed by atoms with van der Waals surface area (Å²) in [5.74, 6) is -0.187. The van der Waals surface area contributed by atoms with Crippen molar-refractivity contribution in [3.63, 3.8) is 0 Å². The van der Waals surface area contributed by atoms with Crippen molar-refractivity contribution in [2.45, 2.75) is 0 Å². The monoisotopic (exact) mass is 408 g/mol. The van der Waals surface area contributed by atoms with Gasteiger partial charge in [-0.2, -0.15) is 0 Å². The first kappa shape index (κ1) is 13.9. The van der Waals surface area contributed by atoms with Gasteiger partial charge in [0.25, 0.3) is 5.91 Å². The van der Waals surface area contributed by atoms with Crippen LogP contribution in [0.25, 0.3) is 0 Å².